The van der Waals surface area contributed by atoms with Crippen LogP contribution in [0.1, 0.15) is 11.1 Å². The molecule has 1 aromatic heterocycles. The van der Waals surface area contributed by atoms with Crippen LogP contribution in [0.4, 0.5) is 17.6 Å². The second-order valence-electron chi connectivity index (χ2n) is 7.00. The second kappa shape index (κ2) is 8.83. The molecule has 1 heterocycles. The Kier molecular flexibility index (Phi) is 5.77. The lowest BCUT2D eigenvalue weighted by Crippen LogP contribution is -2.17. The highest BCUT2D eigenvalue weighted by Gasteiger charge is 2.25. The van der Waals surface area contributed by atoms with Crippen LogP contribution in [0.3, 0.4) is 0 Å². The number of hydrogen-bond acceptors (Lipinski definition) is 8. The van der Waals surface area contributed by atoms with Crippen LogP contribution in [-0.4, -0.2) is 22.6 Å². The van der Waals surface area contributed by atoms with Crippen molar-refractivity contribution in [2.24, 2.45) is 0 Å². The summed E-state index contributed by atoms with van der Waals surface area (Å²) in [5, 5.41) is 25.6. The van der Waals surface area contributed by atoms with Gasteiger partial charge in [-0.2, -0.15) is 23.9 Å². The molecule has 0 aliphatic carbocycles. The Morgan fingerprint density at radius 3 is 2.61 bits per heavy atom. The lowest BCUT2D eigenvalue weighted by molar-refractivity contribution is 0.582. The van der Waals surface area contributed by atoms with E-state index in [1.807, 2.05) is 6.07 Å². The fourth-order valence-electron chi connectivity index (χ4n) is 3.29. The first-order chi connectivity index (χ1) is 15.9. The average Bonchev–Trinajstić information content (AvgIpc) is 3.19. The molecule has 0 unspecified atom stereocenters. The minimum atomic E-state index is -4.14. The lowest BCUT2D eigenvalue weighted by atomic mass is 10.1. The largest absolute Gasteiger partial charge is 0.367 e. The maximum Gasteiger partial charge on any atom is 0.286 e. The summed E-state index contributed by atoms with van der Waals surface area (Å²) in [6.45, 7) is 0. The fraction of sp³-hybridized carbons (Fsp3) is 0.0435. The van der Waals surface area contributed by atoms with Crippen molar-refractivity contribution in [2.45, 2.75) is 11.3 Å². The first kappa shape index (κ1) is 21.6. The third-order valence-electron chi connectivity index (χ3n) is 4.82. The van der Waals surface area contributed by atoms with E-state index in [0.29, 0.717) is 27.0 Å². The van der Waals surface area contributed by atoms with Crippen LogP contribution in [0, 0.1) is 22.7 Å². The molecule has 0 atom stereocenters. The summed E-state index contributed by atoms with van der Waals surface area (Å²) in [5.74, 6) is -0.266. The van der Waals surface area contributed by atoms with Crippen LogP contribution in [0.2, 0.25) is 0 Å². The Morgan fingerprint density at radius 2 is 1.88 bits per heavy atom. The number of allylic oxidation sites excluding steroid dienone is 1. The van der Waals surface area contributed by atoms with E-state index in [2.05, 4.69) is 21.5 Å². The van der Waals surface area contributed by atoms with Gasteiger partial charge in [0.2, 0.25) is 11.9 Å². The van der Waals surface area contributed by atoms with Crippen LogP contribution in [0.5, 0.6) is 0 Å². The molecule has 4 rings (SSSR count). The molecule has 0 amide bonds. The van der Waals surface area contributed by atoms with Crippen molar-refractivity contribution >= 4 is 44.5 Å². The highest BCUT2D eigenvalue weighted by molar-refractivity contribution is 7.90. The monoisotopic (exact) mass is 455 g/mol. The lowest BCUT2D eigenvalue weighted by Gasteiger charge is -2.09. The standard InChI is InChI=1S/C23H17N7O2S/c24-13-2-3-17-8-11-20-18(15-17)4-1-5-21(20)33(31,32)30-22(26)28-23(29-30)27-19-9-6-16(7-10-19)12-14-25/h1-11,15H,12H2,(H3,26,27,28,29)/b3-2+. The van der Waals surface area contributed by atoms with Crippen LogP contribution in [0.15, 0.2) is 71.6 Å². The van der Waals surface area contributed by atoms with Gasteiger partial charge in [-0.05, 0) is 46.9 Å². The molecule has 0 aliphatic heterocycles. The maximum absolute atomic E-state index is 13.4. The number of anilines is 3. The molecule has 0 aliphatic rings. The zero-order valence-electron chi connectivity index (χ0n) is 17.2. The normalized spacial score (nSPS) is 11.3. The molecule has 33 heavy (non-hydrogen) atoms. The summed E-state index contributed by atoms with van der Waals surface area (Å²) in [6.07, 6.45) is 3.28. The van der Waals surface area contributed by atoms with E-state index in [1.54, 1.807) is 60.7 Å². The molecular weight excluding hydrogens is 438 g/mol. The van der Waals surface area contributed by atoms with E-state index in [-0.39, 0.29) is 16.8 Å². The molecular formula is C23H17N7O2S. The van der Waals surface area contributed by atoms with E-state index in [1.165, 1.54) is 12.1 Å². The van der Waals surface area contributed by atoms with Crippen LogP contribution >= 0.6 is 0 Å². The van der Waals surface area contributed by atoms with Gasteiger partial charge >= 0.3 is 0 Å². The molecule has 9 nitrogen and oxygen atoms in total. The van der Waals surface area contributed by atoms with Crippen LogP contribution < -0.4 is 11.1 Å². The number of nitriles is 2. The molecule has 0 fully saturated rings. The van der Waals surface area contributed by atoms with Gasteiger partial charge in [0.05, 0.1) is 23.5 Å². The third-order valence-corrected chi connectivity index (χ3v) is 6.45. The second-order valence-corrected chi connectivity index (χ2v) is 8.73. The summed E-state index contributed by atoms with van der Waals surface area (Å²) in [6, 6.07) is 21.1. The smallest absolute Gasteiger partial charge is 0.286 e. The van der Waals surface area contributed by atoms with Crippen LogP contribution in [0.25, 0.3) is 16.8 Å². The molecule has 4 aromatic rings. The highest BCUT2D eigenvalue weighted by atomic mass is 32.2. The van der Waals surface area contributed by atoms with Gasteiger partial charge in [-0.1, -0.05) is 36.4 Å². The van der Waals surface area contributed by atoms with Crippen molar-refractivity contribution in [3.8, 4) is 12.1 Å². The Bertz CT molecular complexity index is 1560. The van der Waals surface area contributed by atoms with E-state index in [4.69, 9.17) is 16.3 Å². The quantitative estimate of drug-likeness (QED) is 0.419. The van der Waals surface area contributed by atoms with Crippen molar-refractivity contribution in [1.82, 2.24) is 14.2 Å². The van der Waals surface area contributed by atoms with Gasteiger partial charge in [0, 0.05) is 17.1 Å². The van der Waals surface area contributed by atoms with Crippen molar-refractivity contribution < 1.29 is 8.42 Å². The van der Waals surface area contributed by atoms with Gasteiger partial charge in [-0.3, -0.25) is 0 Å². The van der Waals surface area contributed by atoms with Gasteiger partial charge in [0.1, 0.15) is 0 Å². The van der Waals surface area contributed by atoms with Crippen molar-refractivity contribution in [3.05, 3.63) is 77.9 Å². The predicted octanol–water partition coefficient (Wildman–Crippen LogP) is 3.60. The number of rotatable bonds is 6. The Morgan fingerprint density at radius 1 is 1.09 bits per heavy atom. The molecule has 0 radical (unpaired) electrons. The maximum atomic E-state index is 13.4. The van der Waals surface area contributed by atoms with Crippen LogP contribution in [-0.2, 0) is 16.4 Å². The summed E-state index contributed by atoms with van der Waals surface area (Å²) in [7, 11) is -4.14. The predicted molar refractivity (Wildman–Crippen MR) is 125 cm³/mol. The molecule has 0 bridgehead atoms. The van der Waals surface area contributed by atoms with Gasteiger partial charge in [-0.15, -0.1) is 9.19 Å². The summed E-state index contributed by atoms with van der Waals surface area (Å²) < 4.78 is 27.4. The Labute approximate surface area is 190 Å². The first-order valence-corrected chi connectivity index (χ1v) is 11.2. The Hall–Kier alpha value is -4.67. The summed E-state index contributed by atoms with van der Waals surface area (Å²) >= 11 is 0. The number of hydrogen-bond donors (Lipinski definition) is 2. The molecule has 162 valence electrons. The van der Waals surface area contributed by atoms with Gasteiger partial charge < -0.3 is 11.1 Å². The van der Waals surface area contributed by atoms with Gasteiger partial charge in [0.25, 0.3) is 10.0 Å². The number of nitrogens with one attached hydrogen (secondary N) is 1. The van der Waals surface area contributed by atoms with Crippen molar-refractivity contribution in [3.63, 3.8) is 0 Å². The number of fused-ring (bicyclic) bond motifs is 1. The zero-order valence-corrected chi connectivity index (χ0v) is 18.0. The third kappa shape index (κ3) is 4.37. The fourth-order valence-corrected chi connectivity index (χ4v) is 4.67. The summed E-state index contributed by atoms with van der Waals surface area (Å²) in [4.78, 5) is 4.06. The first-order valence-electron chi connectivity index (χ1n) is 9.72. The van der Waals surface area contributed by atoms with Gasteiger partial charge in [-0.25, -0.2) is 0 Å². The van der Waals surface area contributed by atoms with E-state index in [9.17, 15) is 8.42 Å². The topological polar surface area (TPSA) is 150 Å². The molecule has 0 spiro atoms. The molecule has 0 saturated carbocycles. The highest BCUT2D eigenvalue weighted by Crippen LogP contribution is 2.27. The van der Waals surface area contributed by atoms with E-state index < -0.39 is 10.0 Å². The zero-order chi connectivity index (χ0) is 23.4. The molecule has 3 aromatic carbocycles. The number of aromatic nitrogens is 3. The average molecular weight is 456 g/mol. The van der Waals surface area contributed by atoms with Gasteiger partial charge in [0.15, 0.2) is 0 Å². The number of nitrogens with two attached hydrogens (primary N) is 1. The minimum absolute atomic E-state index is 0.0215. The van der Waals surface area contributed by atoms with E-state index in [0.717, 1.165) is 11.1 Å². The number of benzene rings is 3. The van der Waals surface area contributed by atoms with Crippen molar-refractivity contribution in [1.29, 1.82) is 10.5 Å². The number of nitrogens with zero attached hydrogens (tertiary/aromatic N) is 5. The molecule has 0 saturated heterocycles. The molecule has 3 N–H and O–H groups in total. The van der Waals surface area contributed by atoms with E-state index >= 15 is 0 Å². The minimum Gasteiger partial charge on any atom is -0.367 e. The SMILES string of the molecule is N#C/C=C/c1ccc2c(S(=O)(=O)n3nc(Nc4ccc(CC#N)cc4)nc3N)cccc2c1. The summed E-state index contributed by atoms with van der Waals surface area (Å²) in [5.41, 5.74) is 8.14. The number of nitrogen functional groups attached to an aromatic ring is 1. The van der Waals surface area contributed by atoms with Crippen molar-refractivity contribution in [2.75, 3.05) is 11.1 Å². The Balaban J connectivity index is 1.68. The molecule has 10 heteroatoms.